The van der Waals surface area contributed by atoms with Gasteiger partial charge in [0.05, 0.1) is 4.90 Å². The number of carbonyl (C=O) groups is 1. The van der Waals surface area contributed by atoms with Crippen LogP contribution in [0, 0.1) is 13.8 Å². The normalized spacial score (nSPS) is 16.1. The number of nitrogens with zero attached hydrogens (tertiary/aromatic N) is 1. The maximum atomic E-state index is 12.7. The van der Waals surface area contributed by atoms with Gasteiger partial charge in [0.15, 0.2) is 0 Å². The van der Waals surface area contributed by atoms with E-state index >= 15 is 0 Å². The van der Waals surface area contributed by atoms with Crippen molar-refractivity contribution >= 4 is 21.6 Å². The van der Waals surface area contributed by atoms with E-state index in [-0.39, 0.29) is 16.8 Å². The lowest BCUT2D eigenvalue weighted by atomic mass is 10.0. The number of hydrogen-bond acceptors (Lipinski definition) is 3. The number of amides is 1. The first-order chi connectivity index (χ1) is 12.3. The lowest BCUT2D eigenvalue weighted by Gasteiger charge is -2.18. The number of hydrogen-bond donors (Lipinski definition) is 1. The second-order valence-corrected chi connectivity index (χ2v) is 8.54. The molecule has 1 amide bonds. The highest BCUT2D eigenvalue weighted by atomic mass is 32.2. The van der Waals surface area contributed by atoms with E-state index in [1.165, 1.54) is 5.56 Å². The molecule has 26 heavy (non-hydrogen) atoms. The molecule has 0 unspecified atom stereocenters. The van der Waals surface area contributed by atoms with Gasteiger partial charge in [-0.3, -0.25) is 4.79 Å². The Morgan fingerprint density at radius 1 is 1.04 bits per heavy atom. The standard InChI is InChI=1S/C20H24N2O3S/c1-14-6-7-17(13-15(14)2)16(3)21-26(24,25)19-10-8-18(9-11-19)22-12-4-5-20(22)23/h6-11,13,16,21H,4-5,12H2,1-3H3/t16-/m0/s1. The first-order valence-corrected chi connectivity index (χ1v) is 10.3. The van der Waals surface area contributed by atoms with Gasteiger partial charge >= 0.3 is 0 Å². The van der Waals surface area contributed by atoms with Gasteiger partial charge in [0.25, 0.3) is 0 Å². The molecule has 6 heteroatoms. The molecular formula is C20H24N2O3S. The molecule has 3 rings (SSSR count). The summed E-state index contributed by atoms with van der Waals surface area (Å²) < 4.78 is 28.1. The van der Waals surface area contributed by atoms with Crippen LogP contribution in [0.25, 0.3) is 0 Å². The smallest absolute Gasteiger partial charge is 0.241 e. The fourth-order valence-electron chi connectivity index (χ4n) is 3.13. The molecule has 0 aromatic heterocycles. The minimum Gasteiger partial charge on any atom is -0.312 e. The predicted molar refractivity (Wildman–Crippen MR) is 103 cm³/mol. The van der Waals surface area contributed by atoms with Crippen LogP contribution in [0.5, 0.6) is 0 Å². The Bertz CT molecular complexity index is 921. The Balaban J connectivity index is 1.77. The van der Waals surface area contributed by atoms with Gasteiger partial charge in [0, 0.05) is 24.7 Å². The van der Waals surface area contributed by atoms with E-state index < -0.39 is 10.0 Å². The van der Waals surface area contributed by atoms with E-state index in [4.69, 9.17) is 0 Å². The second-order valence-electron chi connectivity index (χ2n) is 6.83. The molecule has 1 atom stereocenters. The summed E-state index contributed by atoms with van der Waals surface area (Å²) in [5.41, 5.74) is 3.98. The van der Waals surface area contributed by atoms with E-state index in [9.17, 15) is 13.2 Å². The zero-order chi connectivity index (χ0) is 18.9. The van der Waals surface area contributed by atoms with Crippen LogP contribution in [0.15, 0.2) is 47.4 Å². The Kier molecular flexibility index (Phi) is 5.16. The third kappa shape index (κ3) is 3.81. The van der Waals surface area contributed by atoms with Crippen molar-refractivity contribution in [1.29, 1.82) is 0 Å². The maximum Gasteiger partial charge on any atom is 0.241 e. The minimum absolute atomic E-state index is 0.0853. The summed E-state index contributed by atoms with van der Waals surface area (Å²) in [4.78, 5) is 13.7. The molecule has 0 radical (unpaired) electrons. The van der Waals surface area contributed by atoms with Gasteiger partial charge < -0.3 is 4.90 Å². The molecule has 1 heterocycles. The van der Waals surface area contributed by atoms with Gasteiger partial charge in [0.1, 0.15) is 0 Å². The van der Waals surface area contributed by atoms with Crippen molar-refractivity contribution in [2.75, 3.05) is 11.4 Å². The van der Waals surface area contributed by atoms with Crippen molar-refractivity contribution in [3.8, 4) is 0 Å². The number of rotatable bonds is 5. The van der Waals surface area contributed by atoms with E-state index in [2.05, 4.69) is 4.72 Å². The molecule has 0 aliphatic carbocycles. The van der Waals surface area contributed by atoms with Crippen molar-refractivity contribution in [3.05, 3.63) is 59.2 Å². The predicted octanol–water partition coefficient (Wildman–Crippen LogP) is 3.47. The first-order valence-electron chi connectivity index (χ1n) is 8.78. The number of nitrogens with one attached hydrogen (secondary N) is 1. The molecule has 2 aromatic rings. The van der Waals surface area contributed by atoms with Crippen LogP contribution < -0.4 is 9.62 Å². The Morgan fingerprint density at radius 3 is 2.31 bits per heavy atom. The molecule has 0 saturated carbocycles. The van der Waals surface area contributed by atoms with E-state index in [0.717, 1.165) is 23.2 Å². The lowest BCUT2D eigenvalue weighted by molar-refractivity contribution is -0.117. The molecule has 2 aromatic carbocycles. The highest BCUT2D eigenvalue weighted by Gasteiger charge is 2.23. The summed E-state index contributed by atoms with van der Waals surface area (Å²) in [6, 6.07) is 12.1. The summed E-state index contributed by atoms with van der Waals surface area (Å²) >= 11 is 0. The zero-order valence-corrected chi connectivity index (χ0v) is 16.1. The molecule has 1 aliphatic heterocycles. The number of anilines is 1. The van der Waals surface area contributed by atoms with E-state index in [1.807, 2.05) is 39.0 Å². The summed E-state index contributed by atoms with van der Waals surface area (Å²) in [6.45, 7) is 6.56. The maximum absolute atomic E-state index is 12.7. The third-order valence-corrected chi connectivity index (χ3v) is 6.45. The minimum atomic E-state index is -3.64. The van der Waals surface area contributed by atoms with Crippen LogP contribution in [0.1, 0.15) is 42.5 Å². The van der Waals surface area contributed by atoms with Gasteiger partial charge in [0.2, 0.25) is 15.9 Å². The van der Waals surface area contributed by atoms with Crippen molar-refractivity contribution in [2.24, 2.45) is 0 Å². The van der Waals surface area contributed by atoms with Crippen LogP contribution in [-0.2, 0) is 14.8 Å². The zero-order valence-electron chi connectivity index (χ0n) is 15.3. The molecule has 1 fully saturated rings. The molecule has 1 N–H and O–H groups in total. The summed E-state index contributed by atoms with van der Waals surface area (Å²) in [7, 11) is -3.64. The topological polar surface area (TPSA) is 66.5 Å². The quantitative estimate of drug-likeness (QED) is 0.874. The van der Waals surface area contributed by atoms with Gasteiger partial charge in [-0.2, -0.15) is 0 Å². The fraction of sp³-hybridized carbons (Fsp3) is 0.350. The summed E-state index contributed by atoms with van der Waals surface area (Å²) in [5, 5.41) is 0. The van der Waals surface area contributed by atoms with E-state index in [0.29, 0.717) is 13.0 Å². The van der Waals surface area contributed by atoms with Gasteiger partial charge in [-0.15, -0.1) is 0 Å². The van der Waals surface area contributed by atoms with Crippen LogP contribution in [0.4, 0.5) is 5.69 Å². The average molecular weight is 372 g/mol. The SMILES string of the molecule is Cc1ccc([C@H](C)NS(=O)(=O)c2ccc(N3CCCC3=O)cc2)cc1C. The molecule has 0 spiro atoms. The van der Waals surface area contributed by atoms with Crippen LogP contribution in [0.2, 0.25) is 0 Å². The number of aryl methyl sites for hydroxylation is 2. The molecular weight excluding hydrogens is 348 g/mol. The van der Waals surface area contributed by atoms with E-state index in [1.54, 1.807) is 29.2 Å². The number of sulfonamides is 1. The Hall–Kier alpha value is -2.18. The molecule has 138 valence electrons. The number of benzene rings is 2. The van der Waals surface area contributed by atoms with Gasteiger partial charge in [-0.05, 0) is 68.1 Å². The second kappa shape index (κ2) is 7.21. The van der Waals surface area contributed by atoms with Gasteiger partial charge in [-0.1, -0.05) is 18.2 Å². The molecule has 5 nitrogen and oxygen atoms in total. The van der Waals surface area contributed by atoms with Crippen molar-refractivity contribution in [2.45, 2.75) is 44.6 Å². The average Bonchev–Trinajstić information content (AvgIpc) is 3.03. The van der Waals surface area contributed by atoms with Crippen molar-refractivity contribution in [1.82, 2.24) is 4.72 Å². The first kappa shape index (κ1) is 18.6. The molecule has 1 aliphatic rings. The summed E-state index contributed by atoms with van der Waals surface area (Å²) in [6.07, 6.45) is 1.39. The number of carbonyl (C=O) groups excluding carboxylic acids is 1. The Morgan fingerprint density at radius 2 is 1.73 bits per heavy atom. The monoisotopic (exact) mass is 372 g/mol. The van der Waals surface area contributed by atoms with Crippen molar-refractivity contribution < 1.29 is 13.2 Å². The lowest BCUT2D eigenvalue weighted by Crippen LogP contribution is -2.27. The fourth-order valence-corrected chi connectivity index (χ4v) is 4.36. The van der Waals surface area contributed by atoms with Crippen LogP contribution >= 0.6 is 0 Å². The highest BCUT2D eigenvalue weighted by Crippen LogP contribution is 2.24. The van der Waals surface area contributed by atoms with Crippen LogP contribution in [0.3, 0.4) is 0 Å². The van der Waals surface area contributed by atoms with Crippen molar-refractivity contribution in [3.63, 3.8) is 0 Å². The Labute approximate surface area is 155 Å². The largest absolute Gasteiger partial charge is 0.312 e. The van der Waals surface area contributed by atoms with Gasteiger partial charge in [-0.25, -0.2) is 13.1 Å². The van der Waals surface area contributed by atoms with Crippen LogP contribution in [-0.4, -0.2) is 20.9 Å². The molecule has 0 bridgehead atoms. The third-order valence-electron chi connectivity index (χ3n) is 4.90. The molecule has 1 saturated heterocycles. The summed E-state index contributed by atoms with van der Waals surface area (Å²) in [5.74, 6) is 0.0853. The highest BCUT2D eigenvalue weighted by molar-refractivity contribution is 7.89.